The Balaban J connectivity index is 1.34. The second-order valence-electron chi connectivity index (χ2n) is 8.43. The third kappa shape index (κ3) is 4.44. The van der Waals surface area contributed by atoms with Gasteiger partial charge in [-0.15, -0.1) is 0 Å². The summed E-state index contributed by atoms with van der Waals surface area (Å²) in [6.45, 7) is 0.547. The van der Waals surface area contributed by atoms with Gasteiger partial charge in [0.05, 0.1) is 0 Å². The molecule has 0 aliphatic carbocycles. The highest BCUT2D eigenvalue weighted by molar-refractivity contribution is 5.88. The molecule has 6 rings (SSSR count). The molecule has 0 saturated heterocycles. The van der Waals surface area contributed by atoms with Gasteiger partial charge in [-0.2, -0.15) is 0 Å². The van der Waals surface area contributed by atoms with Crippen LogP contribution in [0.1, 0.15) is 5.56 Å². The van der Waals surface area contributed by atoms with Gasteiger partial charge < -0.3 is 9.15 Å². The fourth-order valence-electron chi connectivity index (χ4n) is 4.21. The van der Waals surface area contributed by atoms with Gasteiger partial charge in [-0.05, 0) is 40.6 Å². The minimum absolute atomic E-state index is 0.547. The highest BCUT2D eigenvalue weighted by Crippen LogP contribution is 2.36. The molecule has 1 heterocycles. The topological polar surface area (TPSA) is 35.3 Å². The van der Waals surface area contributed by atoms with Gasteiger partial charge in [0, 0.05) is 16.7 Å². The number of rotatable bonds is 6. The molecule has 0 amide bonds. The van der Waals surface area contributed by atoms with Gasteiger partial charge in [-0.25, -0.2) is 4.98 Å². The van der Waals surface area contributed by atoms with E-state index in [9.17, 15) is 0 Å². The molecule has 35 heavy (non-hydrogen) atoms. The fourth-order valence-corrected chi connectivity index (χ4v) is 4.21. The molecule has 0 N–H and O–H groups in total. The van der Waals surface area contributed by atoms with Crippen LogP contribution in [0.2, 0.25) is 0 Å². The number of hydrogen-bond acceptors (Lipinski definition) is 3. The summed E-state index contributed by atoms with van der Waals surface area (Å²) in [5, 5.41) is 2.22. The molecule has 0 saturated carbocycles. The van der Waals surface area contributed by atoms with Crippen LogP contribution in [0.5, 0.6) is 5.75 Å². The SMILES string of the molecule is c1ccc(COc2ccc3cc(-c4nc(-c5ccccc5)c(-c5ccccc5)o4)ccc3c2)cc1. The van der Waals surface area contributed by atoms with Crippen LogP contribution in [-0.2, 0) is 6.61 Å². The first-order valence-electron chi connectivity index (χ1n) is 11.7. The first kappa shape index (κ1) is 20.9. The predicted octanol–water partition coefficient (Wildman–Crippen LogP) is 8.41. The average molecular weight is 454 g/mol. The van der Waals surface area contributed by atoms with E-state index in [2.05, 4.69) is 54.6 Å². The van der Waals surface area contributed by atoms with E-state index in [1.807, 2.05) is 72.8 Å². The molecule has 0 aliphatic heterocycles. The maximum atomic E-state index is 6.37. The van der Waals surface area contributed by atoms with Crippen LogP contribution in [0.3, 0.4) is 0 Å². The normalized spacial score (nSPS) is 11.0. The molecule has 0 radical (unpaired) electrons. The number of fused-ring (bicyclic) bond motifs is 1. The molecule has 1 aromatic heterocycles. The summed E-state index contributed by atoms with van der Waals surface area (Å²) in [6, 6.07) is 42.9. The Bertz CT molecular complexity index is 1520. The van der Waals surface area contributed by atoms with E-state index in [-0.39, 0.29) is 0 Å². The molecule has 0 aliphatic rings. The Morgan fingerprint density at radius 1 is 0.571 bits per heavy atom. The van der Waals surface area contributed by atoms with Crippen molar-refractivity contribution in [3.8, 4) is 39.8 Å². The number of hydrogen-bond donors (Lipinski definition) is 0. The zero-order valence-electron chi connectivity index (χ0n) is 19.1. The number of benzene rings is 5. The molecular weight excluding hydrogens is 430 g/mol. The Kier molecular flexibility index (Phi) is 5.57. The molecule has 0 spiro atoms. The minimum Gasteiger partial charge on any atom is -0.489 e. The van der Waals surface area contributed by atoms with E-state index in [1.54, 1.807) is 0 Å². The van der Waals surface area contributed by atoms with E-state index in [4.69, 9.17) is 14.1 Å². The molecule has 5 aromatic carbocycles. The van der Waals surface area contributed by atoms with Crippen molar-refractivity contribution in [1.82, 2.24) is 4.98 Å². The Hall–Kier alpha value is -4.63. The van der Waals surface area contributed by atoms with Gasteiger partial charge in [0.15, 0.2) is 5.76 Å². The third-order valence-corrected chi connectivity index (χ3v) is 6.02. The average Bonchev–Trinajstić information content (AvgIpc) is 3.39. The van der Waals surface area contributed by atoms with E-state index < -0.39 is 0 Å². The Labute approximate surface area is 204 Å². The van der Waals surface area contributed by atoms with Crippen molar-refractivity contribution < 1.29 is 9.15 Å². The van der Waals surface area contributed by atoms with Crippen molar-refractivity contribution in [2.75, 3.05) is 0 Å². The molecule has 3 heteroatoms. The number of oxazole rings is 1. The lowest BCUT2D eigenvalue weighted by molar-refractivity contribution is 0.306. The van der Waals surface area contributed by atoms with Gasteiger partial charge in [0.1, 0.15) is 18.1 Å². The lowest BCUT2D eigenvalue weighted by Gasteiger charge is -2.08. The van der Waals surface area contributed by atoms with Crippen molar-refractivity contribution in [2.45, 2.75) is 6.61 Å². The van der Waals surface area contributed by atoms with E-state index in [1.165, 1.54) is 0 Å². The van der Waals surface area contributed by atoms with Gasteiger partial charge in [-0.1, -0.05) is 103 Å². The monoisotopic (exact) mass is 453 g/mol. The molecule has 0 unspecified atom stereocenters. The summed E-state index contributed by atoms with van der Waals surface area (Å²) >= 11 is 0. The van der Waals surface area contributed by atoms with Crippen LogP contribution in [0.4, 0.5) is 0 Å². The molecule has 0 atom stereocenters. The van der Waals surface area contributed by atoms with E-state index in [0.29, 0.717) is 12.5 Å². The zero-order chi connectivity index (χ0) is 23.5. The minimum atomic E-state index is 0.547. The van der Waals surface area contributed by atoms with Crippen LogP contribution in [-0.4, -0.2) is 4.98 Å². The van der Waals surface area contributed by atoms with Gasteiger partial charge >= 0.3 is 0 Å². The summed E-state index contributed by atoms with van der Waals surface area (Å²) in [6.07, 6.45) is 0. The van der Waals surface area contributed by atoms with Crippen LogP contribution < -0.4 is 4.74 Å². The van der Waals surface area contributed by atoms with Crippen molar-refractivity contribution in [2.24, 2.45) is 0 Å². The van der Waals surface area contributed by atoms with Crippen molar-refractivity contribution >= 4 is 10.8 Å². The summed E-state index contributed by atoms with van der Waals surface area (Å²) in [7, 11) is 0. The Morgan fingerprint density at radius 2 is 1.20 bits per heavy atom. The first-order valence-corrected chi connectivity index (χ1v) is 11.7. The molecule has 0 bridgehead atoms. The quantitative estimate of drug-likeness (QED) is 0.254. The van der Waals surface area contributed by atoms with Gasteiger partial charge in [0.2, 0.25) is 5.89 Å². The molecular formula is C32H23NO2. The predicted molar refractivity (Wildman–Crippen MR) is 141 cm³/mol. The van der Waals surface area contributed by atoms with E-state index in [0.717, 1.165) is 50.2 Å². The molecule has 6 aromatic rings. The lowest BCUT2D eigenvalue weighted by atomic mass is 10.1. The molecule has 3 nitrogen and oxygen atoms in total. The first-order chi connectivity index (χ1) is 17.3. The van der Waals surface area contributed by atoms with Crippen molar-refractivity contribution in [3.05, 3.63) is 133 Å². The van der Waals surface area contributed by atoms with Crippen LogP contribution in [0.15, 0.2) is 132 Å². The highest BCUT2D eigenvalue weighted by atomic mass is 16.5. The van der Waals surface area contributed by atoms with Crippen molar-refractivity contribution in [3.63, 3.8) is 0 Å². The fraction of sp³-hybridized carbons (Fsp3) is 0.0312. The smallest absolute Gasteiger partial charge is 0.227 e. The van der Waals surface area contributed by atoms with Crippen LogP contribution in [0, 0.1) is 0 Å². The summed E-state index contributed by atoms with van der Waals surface area (Å²) in [5.74, 6) is 2.23. The largest absolute Gasteiger partial charge is 0.489 e. The summed E-state index contributed by atoms with van der Waals surface area (Å²) < 4.78 is 12.4. The number of aromatic nitrogens is 1. The van der Waals surface area contributed by atoms with Crippen LogP contribution >= 0.6 is 0 Å². The zero-order valence-corrected chi connectivity index (χ0v) is 19.1. The number of nitrogens with zero attached hydrogens (tertiary/aromatic N) is 1. The molecule has 168 valence electrons. The number of ether oxygens (including phenoxy) is 1. The van der Waals surface area contributed by atoms with Crippen LogP contribution in [0.25, 0.3) is 44.8 Å². The summed E-state index contributed by atoms with van der Waals surface area (Å²) in [4.78, 5) is 4.92. The maximum Gasteiger partial charge on any atom is 0.227 e. The third-order valence-electron chi connectivity index (χ3n) is 6.02. The second-order valence-corrected chi connectivity index (χ2v) is 8.43. The standard InChI is InChI=1S/C32H23NO2/c1-4-10-23(11-5-1)22-34-29-19-18-26-20-28(17-16-27(26)21-29)32-33-30(24-12-6-2-7-13-24)31(35-32)25-14-8-3-9-15-25/h1-21H,22H2. The van der Waals surface area contributed by atoms with Crippen molar-refractivity contribution in [1.29, 1.82) is 0 Å². The highest BCUT2D eigenvalue weighted by Gasteiger charge is 2.18. The lowest BCUT2D eigenvalue weighted by Crippen LogP contribution is -1.94. The molecule has 0 fully saturated rings. The maximum absolute atomic E-state index is 6.37. The second kappa shape index (κ2) is 9.32. The Morgan fingerprint density at radius 3 is 1.94 bits per heavy atom. The summed E-state index contributed by atoms with van der Waals surface area (Å²) in [5.41, 5.74) is 4.97. The van der Waals surface area contributed by atoms with E-state index >= 15 is 0 Å². The van der Waals surface area contributed by atoms with Gasteiger partial charge in [-0.3, -0.25) is 0 Å². The van der Waals surface area contributed by atoms with Gasteiger partial charge in [0.25, 0.3) is 0 Å².